The Morgan fingerprint density at radius 1 is 0.867 bits per heavy atom. The predicted molar refractivity (Wildman–Crippen MR) is 117 cm³/mol. The second-order valence-electron chi connectivity index (χ2n) is 8.28. The molecule has 1 unspecified atom stereocenters. The van der Waals surface area contributed by atoms with Gasteiger partial charge in [0.1, 0.15) is 0 Å². The Kier molecular flexibility index (Phi) is 7.39. The second-order valence-corrected chi connectivity index (χ2v) is 8.28. The normalized spacial score (nSPS) is 14.2. The number of hydrogen-bond acceptors (Lipinski definition) is 3. The highest BCUT2D eigenvalue weighted by Crippen LogP contribution is 2.23. The van der Waals surface area contributed by atoms with Gasteiger partial charge in [-0.3, -0.25) is 19.3 Å². The summed E-state index contributed by atoms with van der Waals surface area (Å²) in [4.78, 5) is 38.5. The van der Waals surface area contributed by atoms with Crippen LogP contribution in [-0.4, -0.2) is 29.2 Å². The second kappa shape index (κ2) is 10.2. The first-order chi connectivity index (χ1) is 14.5. The van der Waals surface area contributed by atoms with Crippen LogP contribution in [0.2, 0.25) is 0 Å². The van der Waals surface area contributed by atoms with E-state index in [4.69, 9.17) is 0 Å². The lowest BCUT2D eigenvalue weighted by atomic mass is 9.97. The molecule has 0 aliphatic carbocycles. The summed E-state index contributed by atoms with van der Waals surface area (Å²) in [6.45, 7) is 4.70. The van der Waals surface area contributed by atoms with E-state index < -0.39 is 0 Å². The highest BCUT2D eigenvalue weighted by Gasteiger charge is 2.34. The zero-order valence-electron chi connectivity index (χ0n) is 17.8. The lowest BCUT2D eigenvalue weighted by Gasteiger charge is -2.21. The molecule has 1 N–H and O–H groups in total. The number of hydrogen-bond donors (Lipinski definition) is 1. The molecule has 30 heavy (non-hydrogen) atoms. The Morgan fingerprint density at radius 2 is 1.47 bits per heavy atom. The van der Waals surface area contributed by atoms with Crippen LogP contribution < -0.4 is 5.32 Å². The van der Waals surface area contributed by atoms with E-state index in [0.29, 0.717) is 36.4 Å². The number of rotatable bonds is 10. The first kappa shape index (κ1) is 21.8. The van der Waals surface area contributed by atoms with Crippen LogP contribution >= 0.6 is 0 Å². The minimum Gasteiger partial charge on any atom is -0.349 e. The molecule has 0 saturated carbocycles. The summed E-state index contributed by atoms with van der Waals surface area (Å²) in [5, 5.41) is 3.17. The number of amides is 3. The summed E-state index contributed by atoms with van der Waals surface area (Å²) in [5.41, 5.74) is 2.10. The minimum absolute atomic E-state index is 0.0250. The van der Waals surface area contributed by atoms with Gasteiger partial charge < -0.3 is 5.32 Å². The first-order valence-electron chi connectivity index (χ1n) is 10.8. The molecule has 3 rings (SSSR count). The summed E-state index contributed by atoms with van der Waals surface area (Å²) in [5.74, 6) is 0.0980. The Labute approximate surface area is 178 Å². The molecule has 158 valence electrons. The van der Waals surface area contributed by atoms with Gasteiger partial charge in [0.2, 0.25) is 5.91 Å². The van der Waals surface area contributed by atoms with Crippen LogP contribution in [0, 0.1) is 5.92 Å². The van der Waals surface area contributed by atoms with E-state index in [-0.39, 0.29) is 23.8 Å². The quantitative estimate of drug-likeness (QED) is 0.457. The molecule has 1 aliphatic heterocycles. The van der Waals surface area contributed by atoms with Crippen molar-refractivity contribution in [2.75, 3.05) is 6.54 Å². The Balaban J connectivity index is 1.41. The fraction of sp³-hybridized carbons (Fsp3) is 0.400. The fourth-order valence-corrected chi connectivity index (χ4v) is 3.88. The van der Waals surface area contributed by atoms with Crippen LogP contribution in [-0.2, 0) is 4.79 Å². The molecule has 0 saturated heterocycles. The smallest absolute Gasteiger partial charge is 0.261 e. The maximum Gasteiger partial charge on any atom is 0.261 e. The van der Waals surface area contributed by atoms with Crippen molar-refractivity contribution in [3.63, 3.8) is 0 Å². The van der Waals surface area contributed by atoms with Gasteiger partial charge in [0.05, 0.1) is 17.2 Å². The summed E-state index contributed by atoms with van der Waals surface area (Å²) >= 11 is 0. The Bertz CT molecular complexity index is 857. The standard InChI is InChI=1S/C25H30N2O3/c1-18(2)17-22(19-11-5-3-6-12-19)26-23(28)15-7-4-10-16-27-24(29)20-13-8-9-14-21(20)25(27)30/h3,5-6,8-9,11-14,18,22H,4,7,10,15-17H2,1-2H3,(H,26,28). The zero-order valence-corrected chi connectivity index (χ0v) is 17.8. The van der Waals surface area contributed by atoms with Crippen molar-refractivity contribution in [2.24, 2.45) is 5.92 Å². The molecule has 1 atom stereocenters. The number of fused-ring (bicyclic) bond motifs is 1. The molecule has 0 radical (unpaired) electrons. The monoisotopic (exact) mass is 406 g/mol. The van der Waals surface area contributed by atoms with E-state index in [1.165, 1.54) is 4.90 Å². The number of carbonyl (C=O) groups excluding carboxylic acids is 3. The fourth-order valence-electron chi connectivity index (χ4n) is 3.88. The van der Waals surface area contributed by atoms with E-state index in [1.54, 1.807) is 24.3 Å². The molecular formula is C25H30N2O3. The number of imide groups is 1. The largest absolute Gasteiger partial charge is 0.349 e. The Hall–Kier alpha value is -2.95. The van der Waals surface area contributed by atoms with Gasteiger partial charge >= 0.3 is 0 Å². The van der Waals surface area contributed by atoms with Crippen LogP contribution in [0.25, 0.3) is 0 Å². The predicted octanol–water partition coefficient (Wildman–Crippen LogP) is 4.75. The van der Waals surface area contributed by atoms with E-state index in [1.807, 2.05) is 18.2 Å². The van der Waals surface area contributed by atoms with Gasteiger partial charge in [-0.1, -0.05) is 62.7 Å². The van der Waals surface area contributed by atoms with E-state index >= 15 is 0 Å². The van der Waals surface area contributed by atoms with Crippen molar-refractivity contribution in [3.8, 4) is 0 Å². The molecule has 3 amide bonds. The minimum atomic E-state index is -0.215. The third-order valence-electron chi connectivity index (χ3n) is 5.41. The van der Waals surface area contributed by atoms with Crippen molar-refractivity contribution < 1.29 is 14.4 Å². The number of nitrogens with one attached hydrogen (secondary N) is 1. The summed E-state index contributed by atoms with van der Waals surface area (Å²) < 4.78 is 0. The highest BCUT2D eigenvalue weighted by atomic mass is 16.2. The molecule has 5 heteroatoms. The van der Waals surface area contributed by atoms with E-state index in [9.17, 15) is 14.4 Å². The average molecular weight is 407 g/mol. The molecular weight excluding hydrogens is 376 g/mol. The summed E-state index contributed by atoms with van der Waals surface area (Å²) in [6.07, 6.45) is 3.57. The molecule has 2 aromatic carbocycles. The van der Waals surface area contributed by atoms with Gasteiger partial charge in [-0.15, -0.1) is 0 Å². The molecule has 1 heterocycles. The summed E-state index contributed by atoms with van der Waals surface area (Å²) in [7, 11) is 0. The number of benzene rings is 2. The number of carbonyl (C=O) groups is 3. The van der Waals surface area contributed by atoms with Crippen molar-refractivity contribution >= 4 is 17.7 Å². The lowest BCUT2D eigenvalue weighted by molar-refractivity contribution is -0.122. The molecule has 0 fully saturated rings. The molecule has 2 aromatic rings. The van der Waals surface area contributed by atoms with Crippen molar-refractivity contribution in [1.82, 2.24) is 10.2 Å². The van der Waals surface area contributed by atoms with Gasteiger partial charge in [-0.2, -0.15) is 0 Å². The third-order valence-corrected chi connectivity index (χ3v) is 5.41. The van der Waals surface area contributed by atoms with Gasteiger partial charge in [-0.05, 0) is 42.9 Å². The zero-order chi connectivity index (χ0) is 21.5. The van der Waals surface area contributed by atoms with Crippen LogP contribution in [0.3, 0.4) is 0 Å². The van der Waals surface area contributed by atoms with Gasteiger partial charge in [0, 0.05) is 13.0 Å². The number of nitrogens with zero attached hydrogens (tertiary/aromatic N) is 1. The average Bonchev–Trinajstić information content (AvgIpc) is 2.98. The molecule has 5 nitrogen and oxygen atoms in total. The van der Waals surface area contributed by atoms with Crippen LogP contribution in [0.15, 0.2) is 54.6 Å². The van der Waals surface area contributed by atoms with Crippen molar-refractivity contribution in [2.45, 2.75) is 52.0 Å². The van der Waals surface area contributed by atoms with E-state index in [2.05, 4.69) is 31.3 Å². The third kappa shape index (κ3) is 5.35. The number of unbranched alkanes of at least 4 members (excludes halogenated alkanes) is 2. The van der Waals surface area contributed by atoms with Gasteiger partial charge in [0.15, 0.2) is 0 Å². The molecule has 0 spiro atoms. The first-order valence-corrected chi connectivity index (χ1v) is 10.8. The van der Waals surface area contributed by atoms with Crippen LogP contribution in [0.1, 0.15) is 78.3 Å². The van der Waals surface area contributed by atoms with Crippen molar-refractivity contribution in [3.05, 3.63) is 71.3 Å². The Morgan fingerprint density at radius 3 is 2.07 bits per heavy atom. The molecule has 0 aromatic heterocycles. The van der Waals surface area contributed by atoms with Gasteiger partial charge in [-0.25, -0.2) is 0 Å². The van der Waals surface area contributed by atoms with Crippen LogP contribution in [0.5, 0.6) is 0 Å². The van der Waals surface area contributed by atoms with Crippen molar-refractivity contribution in [1.29, 1.82) is 0 Å². The summed E-state index contributed by atoms with van der Waals surface area (Å²) in [6, 6.07) is 17.0. The topological polar surface area (TPSA) is 66.5 Å². The molecule has 0 bridgehead atoms. The van der Waals surface area contributed by atoms with Gasteiger partial charge in [0.25, 0.3) is 11.8 Å². The lowest BCUT2D eigenvalue weighted by Crippen LogP contribution is -2.31. The highest BCUT2D eigenvalue weighted by molar-refractivity contribution is 6.21. The van der Waals surface area contributed by atoms with Crippen LogP contribution in [0.4, 0.5) is 0 Å². The van der Waals surface area contributed by atoms with E-state index in [0.717, 1.165) is 24.8 Å². The SMILES string of the molecule is CC(C)CC(NC(=O)CCCCCN1C(=O)c2ccccc2C1=O)c1ccccc1. The maximum absolute atomic E-state index is 12.5. The molecule has 1 aliphatic rings. The maximum atomic E-state index is 12.5.